The third-order valence-electron chi connectivity index (χ3n) is 2.44. The Hall–Kier alpha value is -1.80. The Morgan fingerprint density at radius 3 is 2.70 bits per heavy atom. The third kappa shape index (κ3) is 3.02. The van der Waals surface area contributed by atoms with Gasteiger partial charge in [0.2, 0.25) is 0 Å². The maximum atomic E-state index is 12.8. The van der Waals surface area contributed by atoms with Crippen molar-refractivity contribution in [3.05, 3.63) is 46.3 Å². The largest absolute Gasteiger partial charge is 0.471 e. The fourth-order valence-corrected chi connectivity index (χ4v) is 2.60. The van der Waals surface area contributed by atoms with Crippen molar-refractivity contribution in [3.63, 3.8) is 0 Å². The molecule has 2 aromatic heterocycles. The van der Waals surface area contributed by atoms with Crippen molar-refractivity contribution in [1.82, 2.24) is 20.0 Å². The molecule has 102 valence electrons. The van der Waals surface area contributed by atoms with Gasteiger partial charge in [-0.3, -0.25) is 0 Å². The van der Waals surface area contributed by atoms with Gasteiger partial charge in [0.15, 0.2) is 15.7 Å². The summed E-state index contributed by atoms with van der Waals surface area (Å²) in [5.41, 5.74) is 0.732. The molecule has 0 amide bonds. The molecule has 5 nitrogen and oxygen atoms in total. The number of halogens is 2. The van der Waals surface area contributed by atoms with Crippen molar-refractivity contribution in [2.45, 2.75) is 6.73 Å². The lowest BCUT2D eigenvalue weighted by Gasteiger charge is -2.05. The topological polar surface area (TPSA) is 52.8 Å². The molecule has 2 heterocycles. The van der Waals surface area contributed by atoms with Gasteiger partial charge in [0.25, 0.3) is 0 Å². The maximum Gasteiger partial charge on any atom is 0.183 e. The monoisotopic (exact) mass is 354 g/mol. The lowest BCUT2D eigenvalue weighted by atomic mass is 10.3. The van der Waals surface area contributed by atoms with Crippen molar-refractivity contribution in [3.8, 4) is 16.5 Å². The highest BCUT2D eigenvalue weighted by molar-refractivity contribution is 9.11. The van der Waals surface area contributed by atoms with Crippen LogP contribution in [-0.4, -0.2) is 20.0 Å². The van der Waals surface area contributed by atoms with Crippen LogP contribution < -0.4 is 4.74 Å². The van der Waals surface area contributed by atoms with Gasteiger partial charge in [-0.05, 0) is 46.3 Å². The summed E-state index contributed by atoms with van der Waals surface area (Å²) in [6.45, 7) is 0.242. The van der Waals surface area contributed by atoms with Crippen LogP contribution >= 0.6 is 27.3 Å². The molecular formula is C12H8BrFN4OS. The summed E-state index contributed by atoms with van der Waals surface area (Å²) >= 11 is 4.66. The SMILES string of the molecule is Fc1ccc(OCn2ccc(-c3nnc(Br)s3)n2)cc1. The molecular weight excluding hydrogens is 347 g/mol. The number of ether oxygens (including phenoxy) is 1. The summed E-state index contributed by atoms with van der Waals surface area (Å²) in [4.78, 5) is 0. The number of aromatic nitrogens is 4. The highest BCUT2D eigenvalue weighted by atomic mass is 79.9. The van der Waals surface area contributed by atoms with E-state index in [0.29, 0.717) is 9.67 Å². The average molecular weight is 355 g/mol. The first-order valence-electron chi connectivity index (χ1n) is 5.62. The molecule has 3 aromatic rings. The minimum absolute atomic E-state index is 0.242. The lowest BCUT2D eigenvalue weighted by Crippen LogP contribution is -2.05. The van der Waals surface area contributed by atoms with Crippen LogP contribution in [0.3, 0.4) is 0 Å². The lowest BCUT2D eigenvalue weighted by molar-refractivity contribution is 0.221. The van der Waals surface area contributed by atoms with Gasteiger partial charge >= 0.3 is 0 Å². The van der Waals surface area contributed by atoms with Gasteiger partial charge in [-0.1, -0.05) is 11.3 Å². The van der Waals surface area contributed by atoms with Crippen LogP contribution in [0.4, 0.5) is 4.39 Å². The Balaban J connectivity index is 1.67. The Bertz CT molecular complexity index is 712. The van der Waals surface area contributed by atoms with E-state index in [1.54, 1.807) is 23.0 Å². The van der Waals surface area contributed by atoms with Gasteiger partial charge in [0, 0.05) is 6.20 Å². The van der Waals surface area contributed by atoms with Gasteiger partial charge in [-0.15, -0.1) is 10.2 Å². The molecule has 0 atom stereocenters. The zero-order chi connectivity index (χ0) is 13.9. The molecule has 1 aromatic carbocycles. The molecule has 0 fully saturated rings. The number of rotatable bonds is 4. The number of hydrogen-bond donors (Lipinski definition) is 0. The highest BCUT2D eigenvalue weighted by Crippen LogP contribution is 2.24. The molecule has 0 aliphatic rings. The minimum Gasteiger partial charge on any atom is -0.471 e. The Morgan fingerprint density at radius 1 is 1.20 bits per heavy atom. The van der Waals surface area contributed by atoms with E-state index in [2.05, 4.69) is 31.2 Å². The van der Waals surface area contributed by atoms with E-state index in [-0.39, 0.29) is 12.5 Å². The van der Waals surface area contributed by atoms with Crippen LogP contribution in [0.1, 0.15) is 0 Å². The van der Waals surface area contributed by atoms with Crippen molar-refractivity contribution in [2.75, 3.05) is 0 Å². The quantitative estimate of drug-likeness (QED) is 0.720. The standard InChI is InChI=1S/C12H8BrFN4OS/c13-12-16-15-11(20-12)10-5-6-18(17-10)7-19-9-3-1-8(14)2-4-9/h1-6H,7H2. The van der Waals surface area contributed by atoms with E-state index in [9.17, 15) is 4.39 Å². The molecule has 0 aliphatic carbocycles. The van der Waals surface area contributed by atoms with Gasteiger partial charge in [-0.2, -0.15) is 5.10 Å². The molecule has 0 saturated heterocycles. The minimum atomic E-state index is -0.291. The summed E-state index contributed by atoms with van der Waals surface area (Å²) in [7, 11) is 0. The van der Waals surface area contributed by atoms with Gasteiger partial charge < -0.3 is 4.74 Å². The Labute approximate surface area is 126 Å². The van der Waals surface area contributed by atoms with Crippen molar-refractivity contribution in [1.29, 1.82) is 0 Å². The molecule has 0 spiro atoms. The first-order valence-corrected chi connectivity index (χ1v) is 7.23. The fraction of sp³-hybridized carbons (Fsp3) is 0.0833. The summed E-state index contributed by atoms with van der Waals surface area (Å²) in [6.07, 6.45) is 1.79. The molecule has 0 aliphatic heterocycles. The van der Waals surface area contributed by atoms with Crippen LogP contribution in [0.25, 0.3) is 10.7 Å². The molecule has 8 heteroatoms. The maximum absolute atomic E-state index is 12.8. The van der Waals surface area contributed by atoms with Crippen molar-refractivity contribution >= 4 is 27.3 Å². The first-order chi connectivity index (χ1) is 9.70. The van der Waals surface area contributed by atoms with E-state index in [1.807, 2.05) is 6.07 Å². The summed E-state index contributed by atoms with van der Waals surface area (Å²) < 4.78 is 20.6. The van der Waals surface area contributed by atoms with Crippen LogP contribution in [0.5, 0.6) is 5.75 Å². The number of nitrogens with zero attached hydrogens (tertiary/aromatic N) is 4. The second-order valence-electron chi connectivity index (χ2n) is 3.83. The summed E-state index contributed by atoms with van der Waals surface area (Å²) in [6, 6.07) is 7.68. The second kappa shape index (κ2) is 5.68. The third-order valence-corrected chi connectivity index (χ3v) is 3.82. The number of benzene rings is 1. The Kier molecular flexibility index (Phi) is 3.75. The smallest absolute Gasteiger partial charge is 0.183 e. The van der Waals surface area contributed by atoms with Crippen molar-refractivity contribution < 1.29 is 9.13 Å². The zero-order valence-corrected chi connectivity index (χ0v) is 12.4. The van der Waals surface area contributed by atoms with Crippen LogP contribution in [0.15, 0.2) is 40.4 Å². The van der Waals surface area contributed by atoms with Crippen LogP contribution in [-0.2, 0) is 6.73 Å². The fourth-order valence-electron chi connectivity index (χ4n) is 1.53. The van der Waals surface area contributed by atoms with Gasteiger partial charge in [0.1, 0.15) is 17.3 Å². The molecule has 0 unspecified atom stereocenters. The Morgan fingerprint density at radius 2 is 2.00 bits per heavy atom. The van der Waals surface area contributed by atoms with Crippen molar-refractivity contribution in [2.24, 2.45) is 0 Å². The average Bonchev–Trinajstić information content (AvgIpc) is 3.07. The summed E-state index contributed by atoms with van der Waals surface area (Å²) in [5, 5.41) is 12.9. The normalized spacial score (nSPS) is 10.7. The van der Waals surface area contributed by atoms with E-state index in [1.165, 1.54) is 23.5 Å². The molecule has 0 radical (unpaired) electrons. The zero-order valence-electron chi connectivity index (χ0n) is 10.0. The summed E-state index contributed by atoms with van der Waals surface area (Å²) in [5.74, 6) is 0.294. The predicted molar refractivity (Wildman–Crippen MR) is 75.9 cm³/mol. The van der Waals surface area contributed by atoms with Crippen LogP contribution in [0, 0.1) is 5.82 Å². The van der Waals surface area contributed by atoms with Gasteiger partial charge in [-0.25, -0.2) is 9.07 Å². The molecule has 0 bridgehead atoms. The van der Waals surface area contributed by atoms with E-state index < -0.39 is 0 Å². The molecule has 3 rings (SSSR count). The predicted octanol–water partition coefficient (Wildman–Crippen LogP) is 3.34. The highest BCUT2D eigenvalue weighted by Gasteiger charge is 2.08. The first kappa shape index (κ1) is 13.2. The van der Waals surface area contributed by atoms with E-state index >= 15 is 0 Å². The van der Waals surface area contributed by atoms with E-state index in [4.69, 9.17) is 4.74 Å². The molecule has 0 N–H and O–H groups in total. The molecule has 0 saturated carbocycles. The van der Waals surface area contributed by atoms with E-state index in [0.717, 1.165) is 10.7 Å². The van der Waals surface area contributed by atoms with Gasteiger partial charge in [0.05, 0.1) is 0 Å². The molecule has 20 heavy (non-hydrogen) atoms. The van der Waals surface area contributed by atoms with Crippen LogP contribution in [0.2, 0.25) is 0 Å². The number of hydrogen-bond acceptors (Lipinski definition) is 5. The second-order valence-corrected chi connectivity index (χ2v) is 6.08.